The highest BCUT2D eigenvalue weighted by Gasteiger charge is 2.12. The molecular formula is C16H25NO2. The zero-order valence-corrected chi connectivity index (χ0v) is 12.1. The second kappa shape index (κ2) is 7.27. The Hall–Kier alpha value is -1.38. The summed E-state index contributed by atoms with van der Waals surface area (Å²) in [6.07, 6.45) is 5.79. The summed E-state index contributed by atoms with van der Waals surface area (Å²) in [4.78, 5) is 0. The van der Waals surface area contributed by atoms with Crippen molar-refractivity contribution in [2.24, 2.45) is 0 Å². The monoisotopic (exact) mass is 263 g/mol. The molecule has 1 heterocycles. The third-order valence-electron chi connectivity index (χ3n) is 3.39. The van der Waals surface area contributed by atoms with Gasteiger partial charge >= 0.3 is 0 Å². The smallest absolute Gasteiger partial charge is 0.163 e. The first-order valence-electron chi connectivity index (χ1n) is 7.49. The van der Waals surface area contributed by atoms with E-state index < -0.39 is 0 Å². The Morgan fingerprint density at radius 1 is 1.05 bits per heavy atom. The lowest BCUT2D eigenvalue weighted by Crippen LogP contribution is -2.18. The van der Waals surface area contributed by atoms with Crippen molar-refractivity contribution in [1.29, 1.82) is 0 Å². The van der Waals surface area contributed by atoms with Gasteiger partial charge in [-0.2, -0.15) is 0 Å². The molecule has 0 fully saturated rings. The van der Waals surface area contributed by atoms with E-state index in [-0.39, 0.29) is 0 Å². The zero-order valence-electron chi connectivity index (χ0n) is 12.1. The lowest BCUT2D eigenvalue weighted by molar-refractivity contribution is 0.297. The van der Waals surface area contributed by atoms with Crippen LogP contribution in [0.25, 0.3) is 0 Å². The Balaban J connectivity index is 2.05. The Morgan fingerprint density at radius 3 is 2.42 bits per heavy atom. The predicted molar refractivity (Wildman–Crippen MR) is 79.3 cm³/mol. The van der Waals surface area contributed by atoms with Crippen LogP contribution in [0, 0.1) is 0 Å². The summed E-state index contributed by atoms with van der Waals surface area (Å²) in [6.45, 7) is 5.95. The highest BCUT2D eigenvalue weighted by atomic mass is 16.5. The van der Waals surface area contributed by atoms with E-state index >= 15 is 0 Å². The highest BCUT2D eigenvalue weighted by Crippen LogP contribution is 2.32. The van der Waals surface area contributed by atoms with Crippen LogP contribution in [-0.2, 0) is 0 Å². The summed E-state index contributed by atoms with van der Waals surface area (Å²) >= 11 is 0. The first-order valence-corrected chi connectivity index (χ1v) is 7.49. The Labute approximate surface area is 116 Å². The Kier molecular flexibility index (Phi) is 5.37. The van der Waals surface area contributed by atoms with Crippen molar-refractivity contribution in [3.8, 4) is 11.5 Å². The molecule has 1 aliphatic rings. The topological polar surface area (TPSA) is 30.5 Å². The SMILES string of the molecule is CCCC(CCC)Nc1ccc2c(c1)OCCCO2. The zero-order chi connectivity index (χ0) is 13.5. The van der Waals surface area contributed by atoms with E-state index in [4.69, 9.17) is 9.47 Å². The molecule has 0 unspecified atom stereocenters. The second-order valence-corrected chi connectivity index (χ2v) is 5.13. The molecule has 3 heteroatoms. The van der Waals surface area contributed by atoms with E-state index in [1.54, 1.807) is 0 Å². The Bertz CT molecular complexity index is 386. The average Bonchev–Trinajstić information content (AvgIpc) is 2.64. The molecule has 2 rings (SSSR count). The largest absolute Gasteiger partial charge is 0.490 e. The lowest BCUT2D eigenvalue weighted by Gasteiger charge is -2.19. The molecule has 1 aromatic carbocycles. The molecule has 0 radical (unpaired) electrons. The van der Waals surface area contributed by atoms with Gasteiger partial charge in [-0.05, 0) is 25.0 Å². The number of nitrogens with one attached hydrogen (secondary N) is 1. The minimum atomic E-state index is 0.555. The van der Waals surface area contributed by atoms with Crippen molar-refractivity contribution in [1.82, 2.24) is 0 Å². The van der Waals surface area contributed by atoms with E-state index in [0.29, 0.717) is 6.04 Å². The third-order valence-corrected chi connectivity index (χ3v) is 3.39. The quantitative estimate of drug-likeness (QED) is 0.833. The number of hydrogen-bond acceptors (Lipinski definition) is 3. The minimum Gasteiger partial charge on any atom is -0.490 e. The summed E-state index contributed by atoms with van der Waals surface area (Å²) in [7, 11) is 0. The van der Waals surface area contributed by atoms with Crippen molar-refractivity contribution in [3.05, 3.63) is 18.2 Å². The van der Waals surface area contributed by atoms with Crippen LogP contribution in [0.15, 0.2) is 18.2 Å². The fourth-order valence-electron chi connectivity index (χ4n) is 2.47. The summed E-state index contributed by atoms with van der Waals surface area (Å²) < 4.78 is 11.4. The van der Waals surface area contributed by atoms with Gasteiger partial charge in [-0.1, -0.05) is 26.7 Å². The van der Waals surface area contributed by atoms with Crippen LogP contribution >= 0.6 is 0 Å². The van der Waals surface area contributed by atoms with Gasteiger partial charge in [0.15, 0.2) is 11.5 Å². The second-order valence-electron chi connectivity index (χ2n) is 5.13. The molecular weight excluding hydrogens is 238 g/mol. The molecule has 0 atom stereocenters. The van der Waals surface area contributed by atoms with Crippen molar-refractivity contribution < 1.29 is 9.47 Å². The number of hydrogen-bond donors (Lipinski definition) is 1. The van der Waals surface area contributed by atoms with Gasteiger partial charge in [0.2, 0.25) is 0 Å². The van der Waals surface area contributed by atoms with E-state index in [0.717, 1.165) is 36.8 Å². The van der Waals surface area contributed by atoms with Gasteiger partial charge in [0, 0.05) is 24.2 Å². The number of fused-ring (bicyclic) bond motifs is 1. The molecule has 3 nitrogen and oxygen atoms in total. The van der Waals surface area contributed by atoms with Crippen LogP contribution in [0.2, 0.25) is 0 Å². The maximum absolute atomic E-state index is 5.73. The van der Waals surface area contributed by atoms with Gasteiger partial charge in [-0.25, -0.2) is 0 Å². The third kappa shape index (κ3) is 4.05. The molecule has 0 amide bonds. The molecule has 1 N–H and O–H groups in total. The average molecular weight is 263 g/mol. The maximum atomic E-state index is 5.73. The van der Waals surface area contributed by atoms with Crippen LogP contribution in [-0.4, -0.2) is 19.3 Å². The number of anilines is 1. The first kappa shape index (κ1) is 14.0. The summed E-state index contributed by atoms with van der Waals surface area (Å²) in [5.41, 5.74) is 1.14. The van der Waals surface area contributed by atoms with Crippen molar-refractivity contribution in [2.45, 2.75) is 52.0 Å². The number of ether oxygens (including phenoxy) is 2. The molecule has 0 aliphatic carbocycles. The van der Waals surface area contributed by atoms with Crippen LogP contribution in [0.1, 0.15) is 46.0 Å². The molecule has 0 aromatic heterocycles. The fourth-order valence-corrected chi connectivity index (χ4v) is 2.47. The standard InChI is InChI=1S/C16H25NO2/c1-3-6-13(7-4-2)17-14-8-9-15-16(12-14)19-11-5-10-18-15/h8-9,12-13,17H,3-7,10-11H2,1-2H3. The normalized spacial score (nSPS) is 14.3. The van der Waals surface area contributed by atoms with Crippen molar-refractivity contribution in [3.63, 3.8) is 0 Å². The first-order chi connectivity index (χ1) is 9.33. The van der Waals surface area contributed by atoms with E-state index in [1.165, 1.54) is 25.7 Å². The maximum Gasteiger partial charge on any atom is 0.163 e. The van der Waals surface area contributed by atoms with Gasteiger partial charge in [-0.15, -0.1) is 0 Å². The summed E-state index contributed by atoms with van der Waals surface area (Å²) in [5, 5.41) is 3.62. The van der Waals surface area contributed by atoms with Crippen LogP contribution in [0.4, 0.5) is 5.69 Å². The highest BCUT2D eigenvalue weighted by molar-refractivity contribution is 5.55. The van der Waals surface area contributed by atoms with Crippen LogP contribution < -0.4 is 14.8 Å². The molecule has 1 aliphatic heterocycles. The van der Waals surface area contributed by atoms with Gasteiger partial charge in [-0.3, -0.25) is 0 Å². The molecule has 106 valence electrons. The van der Waals surface area contributed by atoms with Gasteiger partial charge < -0.3 is 14.8 Å². The molecule has 0 saturated heterocycles. The van der Waals surface area contributed by atoms with E-state index in [9.17, 15) is 0 Å². The molecule has 0 spiro atoms. The minimum absolute atomic E-state index is 0.555. The number of benzene rings is 1. The van der Waals surface area contributed by atoms with Crippen molar-refractivity contribution in [2.75, 3.05) is 18.5 Å². The van der Waals surface area contributed by atoms with E-state index in [1.807, 2.05) is 6.07 Å². The number of rotatable bonds is 6. The fraction of sp³-hybridized carbons (Fsp3) is 0.625. The van der Waals surface area contributed by atoms with Gasteiger partial charge in [0.25, 0.3) is 0 Å². The van der Waals surface area contributed by atoms with E-state index in [2.05, 4.69) is 31.3 Å². The molecule has 1 aromatic rings. The molecule has 0 saturated carbocycles. The van der Waals surface area contributed by atoms with Gasteiger partial charge in [0.05, 0.1) is 13.2 Å². The van der Waals surface area contributed by atoms with Crippen LogP contribution in [0.5, 0.6) is 11.5 Å². The Morgan fingerprint density at radius 2 is 1.74 bits per heavy atom. The summed E-state index contributed by atoms with van der Waals surface area (Å²) in [6, 6.07) is 6.72. The predicted octanol–water partition coefficient (Wildman–Crippen LogP) is 4.23. The van der Waals surface area contributed by atoms with Crippen molar-refractivity contribution >= 4 is 5.69 Å². The van der Waals surface area contributed by atoms with Crippen LogP contribution in [0.3, 0.4) is 0 Å². The molecule has 0 bridgehead atoms. The lowest BCUT2D eigenvalue weighted by atomic mass is 10.1. The van der Waals surface area contributed by atoms with Gasteiger partial charge in [0.1, 0.15) is 0 Å². The molecule has 19 heavy (non-hydrogen) atoms. The summed E-state index contributed by atoms with van der Waals surface area (Å²) in [5.74, 6) is 1.74.